The molecule has 0 aromatic carbocycles. The molecule has 14 heavy (non-hydrogen) atoms. The van der Waals surface area contributed by atoms with Crippen molar-refractivity contribution in [2.24, 2.45) is 0 Å². The summed E-state index contributed by atoms with van der Waals surface area (Å²) in [5.74, 6) is 0.0406. The fourth-order valence-corrected chi connectivity index (χ4v) is 1.74. The highest BCUT2D eigenvalue weighted by Crippen LogP contribution is 2.13. The molecule has 2 aromatic rings. The number of rotatable bonds is 3. The second-order valence-corrected chi connectivity index (χ2v) is 3.67. The van der Waals surface area contributed by atoms with Crippen molar-refractivity contribution in [1.29, 1.82) is 0 Å². The second kappa shape index (κ2) is 3.71. The molecule has 0 atom stereocenters. The van der Waals surface area contributed by atoms with Gasteiger partial charge in [0.05, 0.1) is 18.2 Å². The van der Waals surface area contributed by atoms with E-state index in [0.29, 0.717) is 17.0 Å². The summed E-state index contributed by atoms with van der Waals surface area (Å²) in [4.78, 5) is 12.3. The lowest BCUT2D eigenvalue weighted by Crippen LogP contribution is -2.02. The van der Waals surface area contributed by atoms with Crippen LogP contribution in [0.25, 0.3) is 0 Å². The maximum absolute atomic E-state index is 11.7. The first kappa shape index (κ1) is 9.08. The first-order valence-corrected chi connectivity index (χ1v) is 4.88. The van der Waals surface area contributed by atoms with Gasteiger partial charge in [-0.2, -0.15) is 0 Å². The lowest BCUT2D eigenvalue weighted by Gasteiger charge is -1.93. The predicted molar refractivity (Wildman–Crippen MR) is 51.4 cm³/mol. The Kier molecular flexibility index (Phi) is 2.41. The third-order valence-corrected chi connectivity index (χ3v) is 2.72. The first-order chi connectivity index (χ1) is 6.77. The molecule has 0 saturated heterocycles. The van der Waals surface area contributed by atoms with Crippen LogP contribution in [0, 0.1) is 6.92 Å². The quantitative estimate of drug-likeness (QED) is 0.722. The van der Waals surface area contributed by atoms with Crippen LogP contribution in [0.4, 0.5) is 0 Å². The van der Waals surface area contributed by atoms with Crippen molar-refractivity contribution in [2.75, 3.05) is 0 Å². The Labute approximate surface area is 84.7 Å². The van der Waals surface area contributed by atoms with Crippen molar-refractivity contribution in [1.82, 2.24) is 9.59 Å². The molecule has 2 aromatic heterocycles. The molecule has 0 amide bonds. The van der Waals surface area contributed by atoms with Crippen LogP contribution in [0.15, 0.2) is 23.0 Å². The summed E-state index contributed by atoms with van der Waals surface area (Å²) in [5.41, 5.74) is 1.58. The van der Waals surface area contributed by atoms with Gasteiger partial charge in [0.1, 0.15) is 4.88 Å². The maximum Gasteiger partial charge on any atom is 0.180 e. The fourth-order valence-electron chi connectivity index (χ4n) is 1.15. The number of ketones is 1. The standard InChI is InChI=1S/C9H8N2O2S/c1-6-9(14-11-10-6)8(12)4-7-2-3-13-5-7/h2-3,5H,4H2,1H3. The molecule has 0 aliphatic rings. The summed E-state index contributed by atoms with van der Waals surface area (Å²) in [6.45, 7) is 1.78. The van der Waals surface area contributed by atoms with Crippen molar-refractivity contribution < 1.29 is 9.21 Å². The van der Waals surface area contributed by atoms with E-state index in [1.165, 1.54) is 0 Å². The molecule has 0 aliphatic carbocycles. The van der Waals surface area contributed by atoms with E-state index in [1.807, 2.05) is 0 Å². The zero-order valence-corrected chi connectivity index (χ0v) is 8.37. The summed E-state index contributed by atoms with van der Waals surface area (Å²) in [5, 5.41) is 3.79. The van der Waals surface area contributed by atoms with E-state index in [1.54, 1.807) is 25.5 Å². The van der Waals surface area contributed by atoms with E-state index < -0.39 is 0 Å². The Hall–Kier alpha value is -1.49. The van der Waals surface area contributed by atoms with E-state index in [0.717, 1.165) is 17.1 Å². The second-order valence-electron chi connectivity index (χ2n) is 2.92. The van der Waals surface area contributed by atoms with Gasteiger partial charge in [0, 0.05) is 6.42 Å². The van der Waals surface area contributed by atoms with Crippen molar-refractivity contribution in [3.05, 3.63) is 34.7 Å². The van der Waals surface area contributed by atoms with E-state index in [2.05, 4.69) is 9.59 Å². The highest BCUT2D eigenvalue weighted by Gasteiger charge is 2.13. The molecule has 4 nitrogen and oxygen atoms in total. The third kappa shape index (κ3) is 1.72. The van der Waals surface area contributed by atoms with Crippen LogP contribution in [-0.4, -0.2) is 15.4 Å². The van der Waals surface area contributed by atoms with Crippen LogP contribution in [-0.2, 0) is 6.42 Å². The van der Waals surface area contributed by atoms with E-state index in [9.17, 15) is 4.79 Å². The molecule has 0 N–H and O–H groups in total. The van der Waals surface area contributed by atoms with Gasteiger partial charge in [0.25, 0.3) is 0 Å². The average molecular weight is 208 g/mol. The Morgan fingerprint density at radius 1 is 1.64 bits per heavy atom. The van der Waals surface area contributed by atoms with Gasteiger partial charge in [-0.15, -0.1) is 5.10 Å². The third-order valence-electron chi connectivity index (χ3n) is 1.85. The minimum atomic E-state index is 0.0406. The van der Waals surface area contributed by atoms with Crippen molar-refractivity contribution in [2.45, 2.75) is 13.3 Å². The molecule has 0 radical (unpaired) electrons. The number of aromatic nitrogens is 2. The average Bonchev–Trinajstić information content (AvgIpc) is 2.75. The van der Waals surface area contributed by atoms with Gasteiger partial charge in [0.2, 0.25) is 0 Å². The number of carbonyl (C=O) groups is 1. The minimum Gasteiger partial charge on any atom is -0.472 e. The van der Waals surface area contributed by atoms with Gasteiger partial charge < -0.3 is 4.42 Å². The Bertz CT molecular complexity index is 433. The fraction of sp³-hybridized carbons (Fsp3) is 0.222. The molecular weight excluding hydrogens is 200 g/mol. The molecular formula is C9H8N2O2S. The molecule has 72 valence electrons. The predicted octanol–water partition coefficient (Wildman–Crippen LogP) is 1.86. The maximum atomic E-state index is 11.7. The topological polar surface area (TPSA) is 56.0 Å². The zero-order valence-electron chi connectivity index (χ0n) is 7.56. The number of carbonyl (C=O) groups excluding carboxylic acids is 1. The van der Waals surface area contributed by atoms with E-state index in [-0.39, 0.29) is 5.78 Å². The zero-order chi connectivity index (χ0) is 9.97. The van der Waals surface area contributed by atoms with Gasteiger partial charge in [-0.3, -0.25) is 4.79 Å². The molecule has 0 bridgehead atoms. The molecule has 0 unspecified atom stereocenters. The number of hydrogen-bond acceptors (Lipinski definition) is 5. The van der Waals surface area contributed by atoms with Crippen molar-refractivity contribution in [3.8, 4) is 0 Å². The van der Waals surface area contributed by atoms with Crippen LogP contribution in [0.3, 0.4) is 0 Å². The number of hydrogen-bond donors (Lipinski definition) is 0. The minimum absolute atomic E-state index is 0.0406. The van der Waals surface area contributed by atoms with Crippen LogP contribution in [0.1, 0.15) is 20.9 Å². The highest BCUT2D eigenvalue weighted by atomic mass is 32.1. The summed E-state index contributed by atoms with van der Waals surface area (Å²) >= 11 is 1.14. The molecule has 0 aliphatic heterocycles. The highest BCUT2D eigenvalue weighted by molar-refractivity contribution is 7.08. The molecule has 2 rings (SSSR count). The van der Waals surface area contributed by atoms with Gasteiger partial charge in [0.15, 0.2) is 5.78 Å². The summed E-state index contributed by atoms with van der Waals surface area (Å²) in [6, 6.07) is 1.78. The number of furan rings is 1. The van der Waals surface area contributed by atoms with E-state index >= 15 is 0 Å². The Balaban J connectivity index is 2.14. The van der Waals surface area contributed by atoms with Crippen LogP contribution >= 0.6 is 11.5 Å². The van der Waals surface area contributed by atoms with Gasteiger partial charge in [-0.05, 0) is 30.1 Å². The van der Waals surface area contributed by atoms with Gasteiger partial charge in [-0.25, -0.2) is 0 Å². The Morgan fingerprint density at radius 3 is 3.07 bits per heavy atom. The molecule has 0 saturated carbocycles. The van der Waals surface area contributed by atoms with Crippen LogP contribution < -0.4 is 0 Å². The van der Waals surface area contributed by atoms with Crippen LogP contribution in [0.2, 0.25) is 0 Å². The molecule has 5 heteroatoms. The first-order valence-electron chi connectivity index (χ1n) is 4.10. The number of aryl methyl sites for hydroxylation is 1. The van der Waals surface area contributed by atoms with E-state index in [4.69, 9.17) is 4.42 Å². The largest absolute Gasteiger partial charge is 0.472 e. The lowest BCUT2D eigenvalue weighted by atomic mass is 10.1. The normalized spacial score (nSPS) is 10.4. The van der Waals surface area contributed by atoms with Crippen molar-refractivity contribution >= 4 is 17.3 Å². The lowest BCUT2D eigenvalue weighted by molar-refractivity contribution is 0.0996. The molecule has 0 spiro atoms. The SMILES string of the molecule is Cc1nnsc1C(=O)Cc1ccoc1. The van der Waals surface area contributed by atoms with Gasteiger partial charge in [-0.1, -0.05) is 4.49 Å². The number of Topliss-reactive ketones (excluding diaryl/α,β-unsaturated/α-hetero) is 1. The van der Waals surface area contributed by atoms with Gasteiger partial charge >= 0.3 is 0 Å². The summed E-state index contributed by atoms with van der Waals surface area (Å²) in [6.07, 6.45) is 3.48. The smallest absolute Gasteiger partial charge is 0.180 e. The van der Waals surface area contributed by atoms with Crippen LogP contribution in [0.5, 0.6) is 0 Å². The molecule has 0 fully saturated rings. The number of nitrogens with zero attached hydrogens (tertiary/aromatic N) is 2. The Morgan fingerprint density at radius 2 is 2.50 bits per heavy atom. The monoisotopic (exact) mass is 208 g/mol. The van der Waals surface area contributed by atoms with Crippen molar-refractivity contribution in [3.63, 3.8) is 0 Å². The summed E-state index contributed by atoms with van der Waals surface area (Å²) in [7, 11) is 0. The molecule has 2 heterocycles. The summed E-state index contributed by atoms with van der Waals surface area (Å²) < 4.78 is 8.60.